The number of hydrogen-bond acceptors (Lipinski definition) is 4. The summed E-state index contributed by atoms with van der Waals surface area (Å²) in [7, 11) is 1.97. The van der Waals surface area contributed by atoms with E-state index >= 15 is 0 Å². The summed E-state index contributed by atoms with van der Waals surface area (Å²) in [5.74, 6) is 0.245. The second-order valence-corrected chi connectivity index (χ2v) is 6.71. The number of amides is 1. The van der Waals surface area contributed by atoms with Crippen molar-refractivity contribution in [2.75, 3.05) is 32.7 Å². The average Bonchev–Trinajstić information content (AvgIpc) is 2.80. The third-order valence-corrected chi connectivity index (χ3v) is 5.09. The van der Waals surface area contributed by atoms with Crippen LogP contribution in [0.1, 0.15) is 18.5 Å². The van der Waals surface area contributed by atoms with Crippen LogP contribution in [0, 0.1) is 0 Å². The summed E-state index contributed by atoms with van der Waals surface area (Å²) in [6.45, 7) is 5.18. The molecule has 0 aliphatic carbocycles. The second kappa shape index (κ2) is 7.77. The number of carbonyl (C=O) groups excluding carboxylic acids is 1. The Hall–Kier alpha value is -0.630. The third kappa shape index (κ3) is 3.82. The number of likely N-dealkylation sites (tertiary alicyclic amines) is 1. The van der Waals surface area contributed by atoms with Gasteiger partial charge in [0.25, 0.3) is 0 Å². The summed E-state index contributed by atoms with van der Waals surface area (Å²) < 4.78 is 2.98. The molecule has 3 heterocycles. The number of nitrogens with one attached hydrogen (secondary N) is 1. The van der Waals surface area contributed by atoms with E-state index in [0.717, 1.165) is 50.0 Å². The van der Waals surface area contributed by atoms with Crippen molar-refractivity contribution in [1.29, 1.82) is 0 Å². The van der Waals surface area contributed by atoms with E-state index in [1.807, 2.05) is 17.9 Å². The normalized spacial score (nSPS) is 23.5. The molecule has 124 valence electrons. The first-order valence-corrected chi connectivity index (χ1v) is 8.33. The van der Waals surface area contributed by atoms with Gasteiger partial charge in [0, 0.05) is 39.3 Å². The molecular weight excluding hydrogens is 370 g/mol. The molecule has 1 aromatic rings. The Morgan fingerprint density at radius 2 is 2.27 bits per heavy atom. The molecule has 8 heteroatoms. The zero-order valence-corrected chi connectivity index (χ0v) is 15.2. The lowest BCUT2D eigenvalue weighted by Crippen LogP contribution is -2.56. The molecule has 2 fully saturated rings. The molecule has 0 bridgehead atoms. The quantitative estimate of drug-likeness (QED) is 0.834. The summed E-state index contributed by atoms with van der Waals surface area (Å²) in [5, 5.41) is 7.42. The molecule has 1 N–H and O–H groups in total. The van der Waals surface area contributed by atoms with Crippen molar-refractivity contribution in [3.8, 4) is 0 Å². The number of piperidine rings is 1. The van der Waals surface area contributed by atoms with Crippen molar-refractivity contribution in [3.05, 3.63) is 16.4 Å². The molecule has 0 aromatic carbocycles. The van der Waals surface area contributed by atoms with Gasteiger partial charge in [-0.15, -0.1) is 12.4 Å². The van der Waals surface area contributed by atoms with Crippen LogP contribution in [-0.4, -0.2) is 64.3 Å². The third-order valence-electron chi connectivity index (χ3n) is 4.43. The van der Waals surface area contributed by atoms with Gasteiger partial charge < -0.3 is 10.2 Å². The van der Waals surface area contributed by atoms with Crippen LogP contribution in [0.4, 0.5) is 0 Å². The van der Waals surface area contributed by atoms with Gasteiger partial charge in [-0.3, -0.25) is 14.4 Å². The van der Waals surface area contributed by atoms with Gasteiger partial charge in [-0.05, 0) is 35.3 Å². The van der Waals surface area contributed by atoms with Gasteiger partial charge in [0.1, 0.15) is 0 Å². The second-order valence-electron chi connectivity index (χ2n) is 5.86. The Balaban J connectivity index is 0.00000176. The fourth-order valence-corrected chi connectivity index (χ4v) is 3.74. The summed E-state index contributed by atoms with van der Waals surface area (Å²) >= 11 is 3.56. The highest BCUT2D eigenvalue weighted by molar-refractivity contribution is 9.10. The van der Waals surface area contributed by atoms with Crippen LogP contribution in [0.5, 0.6) is 0 Å². The minimum atomic E-state index is 0. The first-order valence-electron chi connectivity index (χ1n) is 7.54. The van der Waals surface area contributed by atoms with Crippen molar-refractivity contribution in [1.82, 2.24) is 24.9 Å². The fraction of sp³-hybridized carbons (Fsp3) is 0.714. The number of aromatic nitrogens is 2. The number of carbonyl (C=O) groups is 1. The van der Waals surface area contributed by atoms with Crippen LogP contribution in [0.15, 0.2) is 10.7 Å². The molecule has 1 amide bonds. The van der Waals surface area contributed by atoms with Crippen LogP contribution in [0.3, 0.4) is 0 Å². The molecule has 0 saturated carbocycles. The molecular formula is C14H23BrClN5O. The van der Waals surface area contributed by atoms with Crippen LogP contribution in [-0.2, 0) is 18.4 Å². The summed E-state index contributed by atoms with van der Waals surface area (Å²) in [6.07, 6.45) is 4.11. The smallest absolute Gasteiger partial charge is 0.236 e. The molecule has 3 rings (SSSR count). The molecule has 2 aliphatic heterocycles. The maximum absolute atomic E-state index is 12.0. The zero-order chi connectivity index (χ0) is 14.8. The monoisotopic (exact) mass is 391 g/mol. The molecule has 0 radical (unpaired) electrons. The van der Waals surface area contributed by atoms with Crippen LogP contribution in [0.25, 0.3) is 0 Å². The van der Waals surface area contributed by atoms with Crippen molar-refractivity contribution < 1.29 is 4.79 Å². The van der Waals surface area contributed by atoms with Crippen LogP contribution >= 0.6 is 28.3 Å². The number of piperazine rings is 1. The van der Waals surface area contributed by atoms with Gasteiger partial charge in [0.2, 0.25) is 5.91 Å². The highest BCUT2D eigenvalue weighted by atomic mass is 79.9. The topological polar surface area (TPSA) is 53.4 Å². The summed E-state index contributed by atoms with van der Waals surface area (Å²) in [5.41, 5.74) is 1.20. The SMILES string of the molecule is Cl.Cn1ncc(Br)c1CN1CCCC(N2CCNCC2=O)C1. The molecule has 1 aromatic heterocycles. The molecule has 1 atom stereocenters. The number of rotatable bonds is 3. The van der Waals surface area contributed by atoms with Crippen molar-refractivity contribution in [2.45, 2.75) is 25.4 Å². The first kappa shape index (κ1) is 17.7. The lowest BCUT2D eigenvalue weighted by atomic mass is 10.0. The van der Waals surface area contributed by atoms with Gasteiger partial charge in [-0.25, -0.2) is 0 Å². The van der Waals surface area contributed by atoms with Crippen molar-refractivity contribution in [3.63, 3.8) is 0 Å². The highest BCUT2D eigenvalue weighted by Gasteiger charge is 2.30. The number of hydrogen-bond donors (Lipinski definition) is 1. The largest absolute Gasteiger partial charge is 0.336 e. The van der Waals surface area contributed by atoms with Crippen LogP contribution < -0.4 is 5.32 Å². The van der Waals surface area contributed by atoms with E-state index in [1.165, 1.54) is 5.69 Å². The van der Waals surface area contributed by atoms with E-state index in [2.05, 4.69) is 36.1 Å². The molecule has 2 saturated heterocycles. The molecule has 6 nitrogen and oxygen atoms in total. The van der Waals surface area contributed by atoms with E-state index < -0.39 is 0 Å². The number of aryl methyl sites for hydroxylation is 1. The highest BCUT2D eigenvalue weighted by Crippen LogP contribution is 2.22. The number of nitrogens with zero attached hydrogens (tertiary/aromatic N) is 4. The Morgan fingerprint density at radius 1 is 1.45 bits per heavy atom. The van der Waals surface area contributed by atoms with E-state index in [9.17, 15) is 4.79 Å². The fourth-order valence-electron chi connectivity index (χ4n) is 3.26. The van der Waals surface area contributed by atoms with E-state index in [0.29, 0.717) is 12.6 Å². The minimum absolute atomic E-state index is 0. The molecule has 22 heavy (non-hydrogen) atoms. The van der Waals surface area contributed by atoms with Crippen molar-refractivity contribution >= 4 is 34.2 Å². The molecule has 0 spiro atoms. The van der Waals surface area contributed by atoms with Gasteiger partial charge in [0.15, 0.2) is 0 Å². The standard InChI is InChI=1S/C14H22BrN5O.ClH/c1-18-13(12(15)7-17-18)10-19-5-2-3-11(9-19)20-6-4-16-8-14(20)21;/h7,11,16H,2-6,8-10H2,1H3;1H. The summed E-state index contributed by atoms with van der Waals surface area (Å²) in [6, 6.07) is 0.361. The first-order chi connectivity index (χ1) is 10.1. The predicted octanol–water partition coefficient (Wildman–Crippen LogP) is 1.00. The maximum atomic E-state index is 12.0. The predicted molar refractivity (Wildman–Crippen MR) is 91.0 cm³/mol. The molecule has 2 aliphatic rings. The van der Waals surface area contributed by atoms with E-state index in [-0.39, 0.29) is 18.3 Å². The summed E-state index contributed by atoms with van der Waals surface area (Å²) in [4.78, 5) is 16.6. The van der Waals surface area contributed by atoms with Crippen molar-refractivity contribution in [2.24, 2.45) is 7.05 Å². The number of halogens is 2. The Morgan fingerprint density at radius 3 is 2.95 bits per heavy atom. The van der Waals surface area contributed by atoms with Crippen LogP contribution in [0.2, 0.25) is 0 Å². The average molecular weight is 393 g/mol. The Kier molecular flexibility index (Phi) is 6.26. The van der Waals surface area contributed by atoms with E-state index in [1.54, 1.807) is 0 Å². The molecule has 1 unspecified atom stereocenters. The lowest BCUT2D eigenvalue weighted by molar-refractivity contribution is -0.135. The van der Waals surface area contributed by atoms with Gasteiger partial charge in [-0.1, -0.05) is 0 Å². The Labute approximate surface area is 145 Å². The van der Waals surface area contributed by atoms with Gasteiger partial charge >= 0.3 is 0 Å². The lowest BCUT2D eigenvalue weighted by Gasteiger charge is -2.41. The zero-order valence-electron chi connectivity index (χ0n) is 12.8. The Bertz CT molecular complexity index is 504. The minimum Gasteiger partial charge on any atom is -0.336 e. The maximum Gasteiger partial charge on any atom is 0.236 e. The van der Waals surface area contributed by atoms with Gasteiger partial charge in [0.05, 0.1) is 22.9 Å². The van der Waals surface area contributed by atoms with Gasteiger partial charge in [-0.2, -0.15) is 5.10 Å². The van der Waals surface area contributed by atoms with E-state index in [4.69, 9.17) is 0 Å².